The van der Waals surface area contributed by atoms with E-state index in [0.717, 1.165) is 6.07 Å². The van der Waals surface area contributed by atoms with Gasteiger partial charge in [-0.05, 0) is 23.3 Å². The first-order valence-corrected chi connectivity index (χ1v) is 6.14. The van der Waals surface area contributed by atoms with Gasteiger partial charge in [-0.3, -0.25) is 4.79 Å². The summed E-state index contributed by atoms with van der Waals surface area (Å²) < 4.78 is 38.9. The van der Waals surface area contributed by atoms with Gasteiger partial charge in [0.2, 0.25) is 0 Å². The molecule has 0 fully saturated rings. The number of carbonyl (C=O) groups excluding carboxylic acids is 1. The molecule has 5 heteroatoms. The summed E-state index contributed by atoms with van der Waals surface area (Å²) in [7, 11) is 0. The molecule has 0 heterocycles. The smallest absolute Gasteiger partial charge is 0.298 e. The summed E-state index contributed by atoms with van der Waals surface area (Å²) in [5, 5.41) is 0. The van der Waals surface area contributed by atoms with E-state index in [1.807, 2.05) is 0 Å². The number of rotatable bonds is 2. The first-order chi connectivity index (χ1) is 8.93. The van der Waals surface area contributed by atoms with Gasteiger partial charge in [-0.2, -0.15) is 13.2 Å². The molecule has 0 N–H and O–H groups in total. The van der Waals surface area contributed by atoms with Gasteiger partial charge in [0.25, 0.3) is 0 Å². The van der Waals surface area contributed by atoms with Gasteiger partial charge >= 0.3 is 6.18 Å². The average molecular weight is 329 g/mol. The lowest BCUT2D eigenvalue weighted by Crippen LogP contribution is -2.09. The molecule has 19 heavy (non-hydrogen) atoms. The van der Waals surface area contributed by atoms with E-state index >= 15 is 0 Å². The molecule has 0 aliphatic carbocycles. The lowest BCUT2D eigenvalue weighted by atomic mass is 9.99. The van der Waals surface area contributed by atoms with Crippen LogP contribution in [0.4, 0.5) is 13.2 Å². The molecular formula is C14H8BrF3O. The zero-order chi connectivity index (χ0) is 14.0. The Bertz CT molecular complexity index is 606. The Morgan fingerprint density at radius 3 is 2.16 bits per heavy atom. The summed E-state index contributed by atoms with van der Waals surface area (Å²) >= 11 is 3.02. The second-order valence-corrected chi connectivity index (χ2v) is 4.76. The molecule has 0 saturated heterocycles. The predicted molar refractivity (Wildman–Crippen MR) is 70.0 cm³/mol. The van der Waals surface area contributed by atoms with E-state index in [1.165, 1.54) is 6.07 Å². The number of alkyl halides is 3. The van der Waals surface area contributed by atoms with Gasteiger partial charge in [-0.1, -0.05) is 46.3 Å². The predicted octanol–water partition coefficient (Wildman–Crippen LogP) is 4.95. The second-order valence-electron chi connectivity index (χ2n) is 3.90. The number of hydrogen-bond acceptors (Lipinski definition) is 1. The minimum absolute atomic E-state index is 0.135. The quantitative estimate of drug-likeness (QED) is 0.713. The molecule has 0 radical (unpaired) electrons. The van der Waals surface area contributed by atoms with Crippen molar-refractivity contribution in [1.29, 1.82) is 0 Å². The van der Waals surface area contributed by atoms with E-state index in [0.29, 0.717) is 11.1 Å². The topological polar surface area (TPSA) is 17.1 Å². The Labute approximate surface area is 116 Å². The summed E-state index contributed by atoms with van der Waals surface area (Å²) in [4.78, 5) is 10.8. The van der Waals surface area contributed by atoms with Crippen molar-refractivity contribution in [2.75, 3.05) is 0 Å². The molecule has 0 aromatic heterocycles. The van der Waals surface area contributed by atoms with Crippen LogP contribution in [-0.4, -0.2) is 6.29 Å². The van der Waals surface area contributed by atoms with Gasteiger partial charge in [0.05, 0.1) is 5.56 Å². The summed E-state index contributed by atoms with van der Waals surface area (Å²) in [6, 6.07) is 11.2. The Morgan fingerprint density at radius 2 is 1.63 bits per heavy atom. The molecule has 0 aliphatic heterocycles. The van der Waals surface area contributed by atoms with Crippen LogP contribution in [0.5, 0.6) is 0 Å². The van der Waals surface area contributed by atoms with Crippen molar-refractivity contribution in [2.24, 2.45) is 0 Å². The number of aldehydes is 1. The Morgan fingerprint density at radius 1 is 1.00 bits per heavy atom. The molecule has 2 rings (SSSR count). The SMILES string of the molecule is O=Cc1c(Br)cc(-c2ccccc2)cc1C(F)(F)F. The molecular weight excluding hydrogens is 321 g/mol. The lowest BCUT2D eigenvalue weighted by molar-refractivity contribution is -0.137. The zero-order valence-electron chi connectivity index (χ0n) is 9.54. The van der Waals surface area contributed by atoms with Gasteiger partial charge in [-0.15, -0.1) is 0 Å². The molecule has 2 aromatic carbocycles. The van der Waals surface area contributed by atoms with E-state index in [-0.39, 0.29) is 16.3 Å². The normalized spacial score (nSPS) is 11.4. The molecule has 0 spiro atoms. The summed E-state index contributed by atoms with van der Waals surface area (Å²) in [5.74, 6) is 0. The van der Waals surface area contributed by atoms with Gasteiger partial charge in [-0.25, -0.2) is 0 Å². The van der Waals surface area contributed by atoms with Gasteiger partial charge in [0, 0.05) is 10.0 Å². The highest BCUT2D eigenvalue weighted by molar-refractivity contribution is 9.10. The van der Waals surface area contributed by atoms with Crippen LogP contribution in [0.2, 0.25) is 0 Å². The summed E-state index contributed by atoms with van der Waals surface area (Å²) in [6.07, 6.45) is -4.36. The third kappa shape index (κ3) is 2.87. The van der Waals surface area contributed by atoms with Gasteiger partial charge < -0.3 is 0 Å². The van der Waals surface area contributed by atoms with Crippen LogP contribution in [0.25, 0.3) is 11.1 Å². The number of benzene rings is 2. The van der Waals surface area contributed by atoms with E-state index < -0.39 is 11.7 Å². The monoisotopic (exact) mass is 328 g/mol. The number of halogens is 4. The van der Waals surface area contributed by atoms with Crippen molar-refractivity contribution in [3.8, 4) is 11.1 Å². The van der Waals surface area contributed by atoms with Crippen LogP contribution < -0.4 is 0 Å². The Hall–Kier alpha value is -1.62. The second kappa shape index (κ2) is 5.17. The van der Waals surface area contributed by atoms with Gasteiger partial charge in [0.15, 0.2) is 6.29 Å². The first kappa shape index (κ1) is 13.8. The molecule has 1 nitrogen and oxygen atoms in total. The van der Waals surface area contributed by atoms with Crippen molar-refractivity contribution in [3.63, 3.8) is 0 Å². The summed E-state index contributed by atoms with van der Waals surface area (Å²) in [6.45, 7) is 0. The highest BCUT2D eigenvalue weighted by Gasteiger charge is 2.34. The van der Waals surface area contributed by atoms with E-state index in [1.54, 1.807) is 30.3 Å². The molecule has 2 aromatic rings. The first-order valence-electron chi connectivity index (χ1n) is 5.35. The van der Waals surface area contributed by atoms with Crippen molar-refractivity contribution in [1.82, 2.24) is 0 Å². The standard InChI is InChI=1S/C14H8BrF3O/c15-13-7-10(9-4-2-1-3-5-9)6-12(11(13)8-19)14(16,17)18/h1-8H. The van der Waals surface area contributed by atoms with Crippen molar-refractivity contribution < 1.29 is 18.0 Å². The van der Waals surface area contributed by atoms with Gasteiger partial charge in [0.1, 0.15) is 0 Å². The zero-order valence-corrected chi connectivity index (χ0v) is 11.1. The van der Waals surface area contributed by atoms with Crippen molar-refractivity contribution in [2.45, 2.75) is 6.18 Å². The van der Waals surface area contributed by atoms with Crippen LogP contribution in [0.1, 0.15) is 15.9 Å². The Kier molecular flexibility index (Phi) is 3.75. The fourth-order valence-corrected chi connectivity index (χ4v) is 2.32. The van der Waals surface area contributed by atoms with Crippen LogP contribution in [0.3, 0.4) is 0 Å². The minimum Gasteiger partial charge on any atom is -0.298 e. The number of hydrogen-bond donors (Lipinski definition) is 0. The Balaban J connectivity index is 2.67. The average Bonchev–Trinajstić information content (AvgIpc) is 2.37. The highest BCUT2D eigenvalue weighted by Crippen LogP contribution is 2.37. The van der Waals surface area contributed by atoms with E-state index in [9.17, 15) is 18.0 Å². The molecule has 0 saturated carbocycles. The van der Waals surface area contributed by atoms with Crippen molar-refractivity contribution >= 4 is 22.2 Å². The van der Waals surface area contributed by atoms with Crippen LogP contribution in [0, 0.1) is 0 Å². The maximum Gasteiger partial charge on any atom is 0.417 e. The lowest BCUT2D eigenvalue weighted by Gasteiger charge is -2.13. The molecule has 0 bridgehead atoms. The number of carbonyl (C=O) groups is 1. The third-order valence-electron chi connectivity index (χ3n) is 2.66. The molecule has 98 valence electrons. The van der Waals surface area contributed by atoms with Crippen LogP contribution in [-0.2, 0) is 6.18 Å². The summed E-state index contributed by atoms with van der Waals surface area (Å²) in [5.41, 5.74) is -0.251. The highest BCUT2D eigenvalue weighted by atomic mass is 79.9. The maximum absolute atomic E-state index is 12.9. The fraction of sp³-hybridized carbons (Fsp3) is 0.0714. The van der Waals surface area contributed by atoms with E-state index in [2.05, 4.69) is 15.9 Å². The van der Waals surface area contributed by atoms with Crippen LogP contribution in [0.15, 0.2) is 46.9 Å². The van der Waals surface area contributed by atoms with E-state index in [4.69, 9.17) is 0 Å². The largest absolute Gasteiger partial charge is 0.417 e. The molecule has 0 amide bonds. The van der Waals surface area contributed by atoms with Crippen molar-refractivity contribution in [3.05, 3.63) is 58.1 Å². The van der Waals surface area contributed by atoms with Crippen LogP contribution >= 0.6 is 15.9 Å². The molecule has 0 unspecified atom stereocenters. The minimum atomic E-state index is -4.57. The third-order valence-corrected chi connectivity index (χ3v) is 3.32. The molecule has 0 atom stereocenters. The molecule has 0 aliphatic rings. The maximum atomic E-state index is 12.9. The fourth-order valence-electron chi connectivity index (χ4n) is 1.77.